The molecule has 1 aliphatic heterocycles. The minimum Gasteiger partial charge on any atom is -0.508 e. The molecule has 0 bridgehead atoms. The van der Waals surface area contributed by atoms with Gasteiger partial charge in [-0.1, -0.05) is 42.5 Å². The van der Waals surface area contributed by atoms with E-state index in [1.807, 2.05) is 43.3 Å². The topological polar surface area (TPSA) is 77.6 Å². The first-order chi connectivity index (χ1) is 19.0. The molecular formula is C33H39N3O3. The van der Waals surface area contributed by atoms with Gasteiger partial charge in [0, 0.05) is 29.6 Å². The Morgan fingerprint density at radius 3 is 2.59 bits per heavy atom. The molecule has 2 heterocycles. The first-order valence-corrected chi connectivity index (χ1v) is 14.2. The van der Waals surface area contributed by atoms with Crippen molar-refractivity contribution >= 4 is 16.8 Å². The number of nitrogens with zero attached hydrogens (tertiary/aromatic N) is 1. The van der Waals surface area contributed by atoms with Gasteiger partial charge in [-0.3, -0.25) is 4.79 Å². The number of phenolic OH excluding ortho intramolecular Hbond substituents is 1. The van der Waals surface area contributed by atoms with Crippen molar-refractivity contribution in [2.75, 3.05) is 26.2 Å². The third kappa shape index (κ3) is 7.21. The number of aromatic nitrogens is 1. The van der Waals surface area contributed by atoms with Crippen LogP contribution in [0.25, 0.3) is 22.2 Å². The summed E-state index contributed by atoms with van der Waals surface area (Å²) in [4.78, 5) is 19.3. The number of benzene rings is 3. The largest absolute Gasteiger partial charge is 0.508 e. The van der Waals surface area contributed by atoms with E-state index >= 15 is 0 Å². The van der Waals surface area contributed by atoms with Crippen molar-refractivity contribution in [1.29, 1.82) is 0 Å². The molecule has 204 valence electrons. The molecule has 6 heteroatoms. The zero-order chi connectivity index (χ0) is 27.0. The quantitative estimate of drug-likeness (QED) is 0.196. The van der Waals surface area contributed by atoms with Crippen LogP contribution in [0.5, 0.6) is 11.5 Å². The average molecular weight is 526 g/mol. The first-order valence-electron chi connectivity index (χ1n) is 14.2. The number of rotatable bonds is 12. The zero-order valence-corrected chi connectivity index (χ0v) is 22.8. The number of hydrogen-bond donors (Lipinski definition) is 3. The molecule has 5 rings (SSSR count). The normalized spacial score (nSPS) is 14.5. The number of aryl methyl sites for hydroxylation is 1. The Bertz CT molecular complexity index is 1360. The predicted molar refractivity (Wildman–Crippen MR) is 157 cm³/mol. The second-order valence-electron chi connectivity index (χ2n) is 10.7. The smallest absolute Gasteiger partial charge is 0.224 e. The third-order valence-electron chi connectivity index (χ3n) is 7.57. The van der Waals surface area contributed by atoms with Crippen LogP contribution in [-0.4, -0.2) is 53.2 Å². The number of hydrogen-bond acceptors (Lipinski definition) is 4. The number of aromatic amines is 1. The summed E-state index contributed by atoms with van der Waals surface area (Å²) in [6, 6.07) is 23.6. The number of aromatic hydroxyl groups is 1. The second-order valence-corrected chi connectivity index (χ2v) is 10.7. The number of nitrogens with one attached hydrogen (secondary N) is 2. The molecule has 1 amide bonds. The van der Waals surface area contributed by atoms with E-state index in [2.05, 4.69) is 39.5 Å². The van der Waals surface area contributed by atoms with Gasteiger partial charge in [0.2, 0.25) is 5.91 Å². The van der Waals surface area contributed by atoms with Gasteiger partial charge in [0.25, 0.3) is 0 Å². The monoisotopic (exact) mass is 525 g/mol. The van der Waals surface area contributed by atoms with Crippen molar-refractivity contribution in [3.63, 3.8) is 0 Å². The highest BCUT2D eigenvalue weighted by atomic mass is 16.5. The van der Waals surface area contributed by atoms with Crippen molar-refractivity contribution in [3.8, 4) is 22.8 Å². The fourth-order valence-electron chi connectivity index (χ4n) is 5.45. The van der Waals surface area contributed by atoms with Crippen LogP contribution in [0.2, 0.25) is 0 Å². The molecule has 6 nitrogen and oxygen atoms in total. The van der Waals surface area contributed by atoms with E-state index in [9.17, 15) is 9.90 Å². The lowest BCUT2D eigenvalue weighted by Gasteiger charge is -2.15. The van der Waals surface area contributed by atoms with E-state index in [4.69, 9.17) is 4.74 Å². The molecule has 0 aliphatic carbocycles. The van der Waals surface area contributed by atoms with E-state index in [1.165, 1.54) is 25.9 Å². The lowest BCUT2D eigenvalue weighted by Crippen LogP contribution is -2.34. The maximum atomic E-state index is 13.2. The van der Waals surface area contributed by atoms with Crippen LogP contribution < -0.4 is 10.1 Å². The van der Waals surface area contributed by atoms with Crippen molar-refractivity contribution in [3.05, 3.63) is 83.9 Å². The molecule has 1 atom stereocenters. The fraction of sp³-hybridized carbons (Fsp3) is 0.364. The van der Waals surface area contributed by atoms with E-state index in [0.29, 0.717) is 13.0 Å². The molecule has 1 aromatic heterocycles. The van der Waals surface area contributed by atoms with Crippen LogP contribution in [0.4, 0.5) is 0 Å². The van der Waals surface area contributed by atoms with Crippen molar-refractivity contribution in [1.82, 2.24) is 15.2 Å². The number of H-pyrrole nitrogens is 1. The molecule has 0 saturated carbocycles. The maximum Gasteiger partial charge on any atom is 0.224 e. The van der Waals surface area contributed by atoms with Crippen molar-refractivity contribution in [2.24, 2.45) is 0 Å². The van der Waals surface area contributed by atoms with Gasteiger partial charge >= 0.3 is 0 Å². The predicted octanol–water partition coefficient (Wildman–Crippen LogP) is 6.09. The van der Waals surface area contributed by atoms with Gasteiger partial charge in [0.1, 0.15) is 11.5 Å². The van der Waals surface area contributed by atoms with E-state index in [1.54, 1.807) is 12.1 Å². The maximum absolute atomic E-state index is 13.2. The molecule has 3 aromatic carbocycles. The number of fused-ring (bicyclic) bond motifs is 1. The minimum atomic E-state index is 0.00789. The number of carbonyl (C=O) groups excluding carboxylic acids is 1. The summed E-state index contributed by atoms with van der Waals surface area (Å²) in [6.07, 6.45) is 5.61. The second kappa shape index (κ2) is 12.9. The standard InChI is InChI=1S/C33H39N3O3/c1-24(10-11-25-12-14-27(37)15-13-25)34-32(38)23-30-29-17-16-28(39-21-7-20-36-18-5-6-19-36)22-31(29)35-33(30)26-8-3-2-4-9-26/h2-4,8-9,12-17,22,24,35,37H,5-7,10-11,18-21,23H2,1H3,(H,34,38). The summed E-state index contributed by atoms with van der Waals surface area (Å²) in [5.74, 6) is 1.13. The summed E-state index contributed by atoms with van der Waals surface area (Å²) in [6.45, 7) is 6.26. The Morgan fingerprint density at radius 2 is 1.82 bits per heavy atom. The lowest BCUT2D eigenvalue weighted by molar-refractivity contribution is -0.121. The summed E-state index contributed by atoms with van der Waals surface area (Å²) in [5, 5.41) is 13.7. The summed E-state index contributed by atoms with van der Waals surface area (Å²) < 4.78 is 6.09. The molecule has 0 radical (unpaired) electrons. The Morgan fingerprint density at radius 1 is 1.05 bits per heavy atom. The summed E-state index contributed by atoms with van der Waals surface area (Å²) in [7, 11) is 0. The van der Waals surface area contributed by atoms with Crippen LogP contribution in [0.1, 0.15) is 43.7 Å². The van der Waals surface area contributed by atoms with Gasteiger partial charge in [0.15, 0.2) is 0 Å². The minimum absolute atomic E-state index is 0.00789. The van der Waals surface area contributed by atoms with Crippen LogP contribution >= 0.6 is 0 Å². The molecule has 1 fully saturated rings. The van der Waals surface area contributed by atoms with Crippen molar-refractivity contribution < 1.29 is 14.6 Å². The Labute approximate surface area is 231 Å². The van der Waals surface area contributed by atoms with Gasteiger partial charge in [-0.05, 0) is 93.1 Å². The van der Waals surface area contributed by atoms with Crippen LogP contribution in [0, 0.1) is 0 Å². The fourth-order valence-corrected chi connectivity index (χ4v) is 5.45. The van der Waals surface area contributed by atoms with E-state index in [-0.39, 0.29) is 17.7 Å². The van der Waals surface area contributed by atoms with E-state index < -0.39 is 0 Å². The van der Waals surface area contributed by atoms with Gasteiger partial charge in [-0.2, -0.15) is 0 Å². The van der Waals surface area contributed by atoms with Crippen LogP contribution in [0.3, 0.4) is 0 Å². The molecule has 39 heavy (non-hydrogen) atoms. The van der Waals surface area contributed by atoms with Gasteiger partial charge in [-0.15, -0.1) is 0 Å². The van der Waals surface area contributed by atoms with Gasteiger partial charge in [-0.25, -0.2) is 0 Å². The SMILES string of the molecule is CC(CCc1ccc(O)cc1)NC(=O)Cc1c(-c2ccccc2)[nH]c2cc(OCCCN3CCCC3)ccc12. The summed E-state index contributed by atoms with van der Waals surface area (Å²) >= 11 is 0. The number of amides is 1. The Hall–Kier alpha value is -3.77. The number of carbonyl (C=O) groups is 1. The van der Waals surface area contributed by atoms with Crippen molar-refractivity contribution in [2.45, 2.75) is 51.5 Å². The molecule has 3 N–H and O–H groups in total. The highest BCUT2D eigenvalue weighted by Gasteiger charge is 2.18. The number of ether oxygens (including phenoxy) is 1. The molecule has 1 saturated heterocycles. The molecular weight excluding hydrogens is 486 g/mol. The highest BCUT2D eigenvalue weighted by molar-refractivity contribution is 5.95. The first kappa shape index (κ1) is 26.8. The molecule has 1 unspecified atom stereocenters. The molecule has 1 aliphatic rings. The zero-order valence-electron chi connectivity index (χ0n) is 22.8. The highest BCUT2D eigenvalue weighted by Crippen LogP contribution is 2.33. The third-order valence-corrected chi connectivity index (χ3v) is 7.57. The Balaban J connectivity index is 1.25. The number of likely N-dealkylation sites (tertiary alicyclic amines) is 1. The van der Waals surface area contributed by atoms with Gasteiger partial charge in [0.05, 0.1) is 18.7 Å². The average Bonchev–Trinajstić information content (AvgIpc) is 3.59. The van der Waals surface area contributed by atoms with Crippen LogP contribution in [0.15, 0.2) is 72.8 Å². The van der Waals surface area contributed by atoms with E-state index in [0.717, 1.165) is 64.8 Å². The number of phenols is 1. The lowest BCUT2D eigenvalue weighted by atomic mass is 10.0. The van der Waals surface area contributed by atoms with Crippen LogP contribution in [-0.2, 0) is 17.6 Å². The Kier molecular flexibility index (Phi) is 8.84. The molecule has 0 spiro atoms. The molecule has 4 aromatic rings. The van der Waals surface area contributed by atoms with Gasteiger partial charge < -0.3 is 25.0 Å². The summed E-state index contributed by atoms with van der Waals surface area (Å²) in [5.41, 5.74) is 5.16.